The molecule has 0 radical (unpaired) electrons. The molecule has 0 saturated carbocycles. The molecule has 0 spiro atoms. The average molecular weight is 370 g/mol. The van der Waals surface area contributed by atoms with Crippen LogP contribution in [0.15, 0.2) is 59.5 Å². The summed E-state index contributed by atoms with van der Waals surface area (Å²) in [5.41, 5.74) is 2.93. The predicted octanol–water partition coefficient (Wildman–Crippen LogP) is 3.23. The first-order chi connectivity index (χ1) is 12.3. The van der Waals surface area contributed by atoms with Crippen molar-refractivity contribution < 1.29 is 13.2 Å². The minimum absolute atomic E-state index is 0.0888. The van der Waals surface area contributed by atoms with Crippen molar-refractivity contribution in [3.63, 3.8) is 0 Å². The zero-order valence-corrected chi connectivity index (χ0v) is 15.9. The molecule has 0 bridgehead atoms. The van der Waals surface area contributed by atoms with Crippen LogP contribution >= 0.6 is 0 Å². The number of carbonyl (C=O) groups is 1. The highest BCUT2D eigenvalue weighted by atomic mass is 32.2. The Bertz CT molecular complexity index is 1050. The number of para-hydroxylation sites is 1. The summed E-state index contributed by atoms with van der Waals surface area (Å²) in [6.07, 6.45) is 1.18. The van der Waals surface area contributed by atoms with Gasteiger partial charge in [-0.1, -0.05) is 30.3 Å². The highest BCUT2D eigenvalue weighted by Crippen LogP contribution is 2.20. The first-order valence-corrected chi connectivity index (χ1v) is 10.3. The van der Waals surface area contributed by atoms with Crippen molar-refractivity contribution in [2.24, 2.45) is 0 Å². The number of hydrogen-bond acceptors (Lipinski definition) is 3. The number of nitrogens with one attached hydrogen (secondary N) is 1. The molecule has 26 heavy (non-hydrogen) atoms. The van der Waals surface area contributed by atoms with Crippen LogP contribution in [0.4, 0.5) is 0 Å². The summed E-state index contributed by atoms with van der Waals surface area (Å²) < 4.78 is 25.1. The van der Waals surface area contributed by atoms with E-state index < -0.39 is 9.84 Å². The topological polar surface area (TPSA) is 68.2 Å². The second-order valence-electron chi connectivity index (χ2n) is 6.56. The molecule has 0 aliphatic carbocycles. The Morgan fingerprint density at radius 2 is 1.77 bits per heavy atom. The van der Waals surface area contributed by atoms with E-state index in [1.54, 1.807) is 24.3 Å². The Labute approximate surface area is 153 Å². The molecular weight excluding hydrogens is 348 g/mol. The maximum absolute atomic E-state index is 12.5. The van der Waals surface area contributed by atoms with Crippen LogP contribution < -0.4 is 5.32 Å². The lowest BCUT2D eigenvalue weighted by Crippen LogP contribution is -2.30. The van der Waals surface area contributed by atoms with E-state index in [1.165, 1.54) is 6.26 Å². The maximum Gasteiger partial charge on any atom is 0.240 e. The van der Waals surface area contributed by atoms with E-state index >= 15 is 0 Å². The Balaban J connectivity index is 1.72. The van der Waals surface area contributed by atoms with Crippen molar-refractivity contribution in [1.29, 1.82) is 0 Å². The Morgan fingerprint density at radius 1 is 1.12 bits per heavy atom. The molecule has 3 rings (SSSR count). The van der Waals surface area contributed by atoms with Gasteiger partial charge in [-0.05, 0) is 49.1 Å². The van der Waals surface area contributed by atoms with E-state index in [-0.39, 0.29) is 23.4 Å². The number of amides is 1. The van der Waals surface area contributed by atoms with E-state index in [4.69, 9.17) is 0 Å². The first kappa shape index (κ1) is 18.2. The fourth-order valence-electron chi connectivity index (χ4n) is 3.08. The number of carbonyl (C=O) groups excluding carboxylic acids is 1. The molecule has 1 heterocycles. The summed E-state index contributed by atoms with van der Waals surface area (Å²) in [4.78, 5) is 12.8. The van der Waals surface area contributed by atoms with Gasteiger partial charge < -0.3 is 9.88 Å². The number of aromatic nitrogens is 1. The van der Waals surface area contributed by atoms with Gasteiger partial charge >= 0.3 is 0 Å². The van der Waals surface area contributed by atoms with Crippen molar-refractivity contribution >= 4 is 26.6 Å². The zero-order chi connectivity index (χ0) is 18.9. The molecule has 3 aromatic rings. The number of fused-ring (bicyclic) bond motifs is 1. The van der Waals surface area contributed by atoms with E-state index in [0.29, 0.717) is 0 Å². The van der Waals surface area contributed by atoms with Gasteiger partial charge in [0.05, 0.1) is 10.9 Å². The maximum atomic E-state index is 12.5. The van der Waals surface area contributed by atoms with Crippen LogP contribution in [-0.2, 0) is 21.2 Å². The third-order valence-corrected chi connectivity index (χ3v) is 5.63. The van der Waals surface area contributed by atoms with Crippen molar-refractivity contribution in [3.8, 4) is 0 Å². The van der Waals surface area contributed by atoms with Crippen LogP contribution in [0.25, 0.3) is 10.9 Å². The lowest BCUT2D eigenvalue weighted by molar-refractivity contribution is -0.122. The van der Waals surface area contributed by atoms with Gasteiger partial charge in [0.15, 0.2) is 9.84 Å². The summed E-state index contributed by atoms with van der Waals surface area (Å²) >= 11 is 0. The van der Waals surface area contributed by atoms with Gasteiger partial charge in [-0.25, -0.2) is 8.42 Å². The molecule has 136 valence electrons. The van der Waals surface area contributed by atoms with E-state index in [2.05, 4.69) is 11.4 Å². The highest BCUT2D eigenvalue weighted by Gasteiger charge is 2.14. The van der Waals surface area contributed by atoms with Gasteiger partial charge in [0.1, 0.15) is 6.54 Å². The third kappa shape index (κ3) is 3.80. The fraction of sp³-hybridized carbons (Fsp3) is 0.250. The van der Waals surface area contributed by atoms with E-state index in [0.717, 1.165) is 22.2 Å². The summed E-state index contributed by atoms with van der Waals surface area (Å²) in [7, 11) is -3.22. The van der Waals surface area contributed by atoms with Gasteiger partial charge in [0, 0.05) is 17.5 Å². The van der Waals surface area contributed by atoms with Crippen LogP contribution in [-0.4, -0.2) is 25.1 Å². The van der Waals surface area contributed by atoms with E-state index in [9.17, 15) is 13.2 Å². The van der Waals surface area contributed by atoms with Crippen LogP contribution in [0.1, 0.15) is 24.2 Å². The second-order valence-corrected chi connectivity index (χ2v) is 8.58. The van der Waals surface area contributed by atoms with Crippen LogP contribution in [0, 0.1) is 6.92 Å². The predicted molar refractivity (Wildman–Crippen MR) is 103 cm³/mol. The highest BCUT2D eigenvalue weighted by molar-refractivity contribution is 7.90. The smallest absolute Gasteiger partial charge is 0.240 e. The molecule has 0 aliphatic heterocycles. The quantitative estimate of drug-likeness (QED) is 0.750. The molecule has 1 aromatic heterocycles. The molecule has 1 atom stereocenters. The summed E-state index contributed by atoms with van der Waals surface area (Å²) in [5, 5.41) is 4.09. The van der Waals surface area contributed by atoms with Crippen LogP contribution in [0.2, 0.25) is 0 Å². The minimum atomic E-state index is -3.22. The molecule has 5 nitrogen and oxygen atoms in total. The van der Waals surface area contributed by atoms with Crippen molar-refractivity contribution in [1.82, 2.24) is 9.88 Å². The monoisotopic (exact) mass is 370 g/mol. The first-order valence-electron chi connectivity index (χ1n) is 8.40. The Hall–Kier alpha value is -2.60. The molecule has 0 unspecified atom stereocenters. The number of sulfone groups is 1. The summed E-state index contributed by atoms with van der Waals surface area (Å²) in [5.74, 6) is -0.0888. The summed E-state index contributed by atoms with van der Waals surface area (Å²) in [6.45, 7) is 4.11. The number of nitrogens with zero attached hydrogens (tertiary/aromatic N) is 1. The molecule has 6 heteroatoms. The normalized spacial score (nSPS) is 12.9. The molecule has 1 amide bonds. The summed E-state index contributed by atoms with van der Waals surface area (Å²) in [6, 6.07) is 16.4. The molecule has 0 saturated heterocycles. The zero-order valence-electron chi connectivity index (χ0n) is 15.1. The minimum Gasteiger partial charge on any atom is -0.348 e. The fourth-order valence-corrected chi connectivity index (χ4v) is 3.71. The van der Waals surface area contributed by atoms with Crippen molar-refractivity contribution in [2.45, 2.75) is 31.3 Å². The third-order valence-electron chi connectivity index (χ3n) is 4.51. The number of rotatable bonds is 5. The van der Waals surface area contributed by atoms with Gasteiger partial charge in [-0.3, -0.25) is 4.79 Å². The SMILES string of the molecule is Cc1cc2ccccc2n1CC(=O)N[C@@H](C)c1ccc(S(C)(=O)=O)cc1. The molecule has 0 aliphatic rings. The number of benzene rings is 2. The Kier molecular flexibility index (Phi) is 4.87. The molecule has 0 fully saturated rings. The van der Waals surface area contributed by atoms with Crippen LogP contribution in [0.3, 0.4) is 0 Å². The molecular formula is C20H22N2O3S. The number of hydrogen-bond donors (Lipinski definition) is 1. The Morgan fingerprint density at radius 3 is 2.42 bits per heavy atom. The molecule has 1 N–H and O–H groups in total. The van der Waals surface area contributed by atoms with Crippen molar-refractivity contribution in [3.05, 3.63) is 65.9 Å². The van der Waals surface area contributed by atoms with Crippen molar-refractivity contribution in [2.75, 3.05) is 6.26 Å². The second kappa shape index (κ2) is 6.96. The van der Waals surface area contributed by atoms with Gasteiger partial charge in [-0.2, -0.15) is 0 Å². The number of aryl methyl sites for hydroxylation is 1. The standard InChI is InChI=1S/C20H22N2O3S/c1-14-12-17-6-4-5-7-19(17)22(14)13-20(23)21-15(2)16-8-10-18(11-9-16)26(3,24)25/h4-12,15H,13H2,1-3H3,(H,21,23)/t15-/m0/s1. The van der Waals surface area contributed by atoms with Gasteiger partial charge in [0.2, 0.25) is 5.91 Å². The van der Waals surface area contributed by atoms with Gasteiger partial charge in [-0.15, -0.1) is 0 Å². The molecule has 2 aromatic carbocycles. The lowest BCUT2D eigenvalue weighted by Gasteiger charge is -2.16. The van der Waals surface area contributed by atoms with Crippen LogP contribution in [0.5, 0.6) is 0 Å². The largest absolute Gasteiger partial charge is 0.348 e. The average Bonchev–Trinajstić information content (AvgIpc) is 2.90. The van der Waals surface area contributed by atoms with E-state index in [1.807, 2.05) is 42.7 Å². The lowest BCUT2D eigenvalue weighted by atomic mass is 10.1. The van der Waals surface area contributed by atoms with Gasteiger partial charge in [0.25, 0.3) is 0 Å².